The Kier molecular flexibility index (Phi) is 6.36. The molecule has 0 bridgehead atoms. The Morgan fingerprint density at radius 3 is 2.69 bits per heavy atom. The first-order valence-electron chi connectivity index (χ1n) is 8.62. The van der Waals surface area contributed by atoms with Crippen LogP contribution in [0, 0.1) is 11.6 Å². The molecule has 0 unspecified atom stereocenters. The molecule has 0 saturated carbocycles. The Labute approximate surface area is 171 Å². The molecular weight excluding hydrogens is 400 g/mol. The summed E-state index contributed by atoms with van der Waals surface area (Å²) in [6, 6.07) is 6.78. The monoisotopic (exact) mass is 417 g/mol. The third kappa shape index (κ3) is 5.24. The molecule has 0 spiro atoms. The van der Waals surface area contributed by atoms with E-state index in [1.54, 1.807) is 6.08 Å². The maximum absolute atomic E-state index is 14.4. The minimum absolute atomic E-state index is 0.00742. The number of hydrogen-bond donors (Lipinski definition) is 2. The molecule has 3 rings (SSSR count). The fourth-order valence-electron chi connectivity index (χ4n) is 2.53. The Morgan fingerprint density at radius 1 is 1.17 bits per heavy atom. The molecule has 1 heterocycles. The van der Waals surface area contributed by atoms with Crippen molar-refractivity contribution >= 4 is 45.6 Å². The predicted molar refractivity (Wildman–Crippen MR) is 111 cm³/mol. The third-order valence-corrected chi connectivity index (χ3v) is 4.19. The van der Waals surface area contributed by atoms with Gasteiger partial charge in [-0.25, -0.2) is 18.7 Å². The van der Waals surface area contributed by atoms with Crippen LogP contribution >= 0.6 is 11.6 Å². The highest BCUT2D eigenvalue weighted by molar-refractivity contribution is 6.31. The predicted octanol–water partition coefficient (Wildman–Crippen LogP) is 4.36. The molecule has 0 aliphatic heterocycles. The van der Waals surface area contributed by atoms with E-state index < -0.39 is 17.5 Å². The van der Waals surface area contributed by atoms with Crippen molar-refractivity contribution in [3.8, 4) is 0 Å². The van der Waals surface area contributed by atoms with E-state index in [4.69, 9.17) is 11.6 Å². The third-order valence-electron chi connectivity index (χ3n) is 3.90. The van der Waals surface area contributed by atoms with Crippen molar-refractivity contribution < 1.29 is 13.6 Å². The number of benzene rings is 2. The zero-order valence-electron chi connectivity index (χ0n) is 15.7. The molecule has 29 heavy (non-hydrogen) atoms. The van der Waals surface area contributed by atoms with Crippen LogP contribution in [0.1, 0.15) is 0 Å². The number of aromatic nitrogens is 2. The zero-order valence-corrected chi connectivity index (χ0v) is 16.5. The van der Waals surface area contributed by atoms with Crippen LogP contribution < -0.4 is 10.6 Å². The number of carbonyl (C=O) groups is 1. The molecule has 1 amide bonds. The second kappa shape index (κ2) is 8.93. The van der Waals surface area contributed by atoms with E-state index in [0.29, 0.717) is 29.0 Å². The molecular formula is C20H18ClF2N5O. The quantitative estimate of drug-likeness (QED) is 0.583. The molecule has 2 aromatic carbocycles. The maximum Gasteiger partial charge on any atom is 0.248 e. The number of likely N-dealkylation sites (N-methyl/N-ethyl adjacent to an activating group) is 1. The number of carbonyl (C=O) groups excluding carboxylic acids is 1. The van der Waals surface area contributed by atoms with Crippen LogP contribution in [0.3, 0.4) is 0 Å². The summed E-state index contributed by atoms with van der Waals surface area (Å²) in [4.78, 5) is 22.1. The van der Waals surface area contributed by atoms with Gasteiger partial charge in [-0.05, 0) is 38.4 Å². The van der Waals surface area contributed by atoms with Crippen LogP contribution in [0.2, 0.25) is 5.02 Å². The number of halogens is 3. The molecule has 0 saturated heterocycles. The second-order valence-corrected chi connectivity index (χ2v) is 6.89. The van der Waals surface area contributed by atoms with Crippen LogP contribution in [-0.2, 0) is 4.79 Å². The Bertz CT molecular complexity index is 1090. The van der Waals surface area contributed by atoms with E-state index in [1.165, 1.54) is 42.7 Å². The average Bonchev–Trinajstić information content (AvgIpc) is 2.65. The first-order chi connectivity index (χ1) is 13.8. The summed E-state index contributed by atoms with van der Waals surface area (Å²) in [5.74, 6) is -1.27. The van der Waals surface area contributed by atoms with Gasteiger partial charge >= 0.3 is 0 Å². The molecule has 6 nitrogen and oxygen atoms in total. The van der Waals surface area contributed by atoms with E-state index in [2.05, 4.69) is 20.6 Å². The first-order valence-corrected chi connectivity index (χ1v) is 9.00. The van der Waals surface area contributed by atoms with Gasteiger partial charge in [0, 0.05) is 29.8 Å². The van der Waals surface area contributed by atoms with Gasteiger partial charge in [-0.2, -0.15) is 0 Å². The molecule has 1 aromatic heterocycles. The van der Waals surface area contributed by atoms with E-state index in [0.717, 1.165) is 0 Å². The topological polar surface area (TPSA) is 70.2 Å². The highest BCUT2D eigenvalue weighted by Gasteiger charge is 2.12. The SMILES string of the molecule is CN(C)C/C=C/C(=O)Nc1cc2c(Nc3ccc(F)c(Cl)c3)ncnc2cc1F. The number of rotatable bonds is 6. The number of fused-ring (bicyclic) bond motifs is 1. The number of nitrogens with one attached hydrogen (secondary N) is 2. The molecule has 0 aliphatic rings. The van der Waals surface area contributed by atoms with Gasteiger partial charge in [0.05, 0.1) is 16.2 Å². The van der Waals surface area contributed by atoms with Gasteiger partial charge in [0.25, 0.3) is 0 Å². The van der Waals surface area contributed by atoms with Crippen LogP contribution in [-0.4, -0.2) is 41.4 Å². The van der Waals surface area contributed by atoms with E-state index in [9.17, 15) is 13.6 Å². The Morgan fingerprint density at radius 2 is 1.97 bits per heavy atom. The van der Waals surface area contributed by atoms with Gasteiger partial charge in [0.2, 0.25) is 5.91 Å². The summed E-state index contributed by atoms with van der Waals surface area (Å²) in [6.45, 7) is 0.579. The van der Waals surface area contributed by atoms with Gasteiger partial charge in [-0.1, -0.05) is 17.7 Å². The number of nitrogens with zero attached hydrogens (tertiary/aromatic N) is 3. The molecule has 9 heteroatoms. The van der Waals surface area contributed by atoms with Gasteiger partial charge < -0.3 is 15.5 Å². The lowest BCUT2D eigenvalue weighted by molar-refractivity contribution is -0.111. The number of amides is 1. The van der Waals surface area contributed by atoms with E-state index in [-0.39, 0.29) is 10.7 Å². The standard InChI is InChI=1S/C20H18ClF2N5O/c1-28(2)7-3-4-19(29)27-18-9-13-17(10-16(18)23)24-11-25-20(13)26-12-5-6-15(22)14(21)8-12/h3-6,8-11H,7H2,1-2H3,(H,27,29)(H,24,25,26)/b4-3+. The lowest BCUT2D eigenvalue weighted by atomic mass is 10.2. The van der Waals surface area contributed by atoms with Crippen molar-refractivity contribution in [2.45, 2.75) is 0 Å². The summed E-state index contributed by atoms with van der Waals surface area (Å²) in [7, 11) is 3.74. The normalized spacial score (nSPS) is 11.4. The van der Waals surface area contributed by atoms with Gasteiger partial charge in [-0.3, -0.25) is 4.79 Å². The van der Waals surface area contributed by atoms with Gasteiger partial charge in [-0.15, -0.1) is 0 Å². The first kappa shape index (κ1) is 20.6. The molecule has 0 atom stereocenters. The zero-order chi connectivity index (χ0) is 21.0. The van der Waals surface area contributed by atoms with Crippen LogP contribution in [0.25, 0.3) is 10.9 Å². The van der Waals surface area contributed by atoms with Crippen molar-refractivity contribution in [2.24, 2.45) is 0 Å². The molecule has 3 aromatic rings. The van der Waals surface area contributed by atoms with Crippen molar-refractivity contribution in [1.29, 1.82) is 0 Å². The fourth-order valence-corrected chi connectivity index (χ4v) is 2.71. The fraction of sp³-hybridized carbons (Fsp3) is 0.150. The van der Waals surface area contributed by atoms with Gasteiger partial charge in [0.1, 0.15) is 23.8 Å². The van der Waals surface area contributed by atoms with Crippen LogP contribution in [0.5, 0.6) is 0 Å². The molecule has 2 N–H and O–H groups in total. The smallest absolute Gasteiger partial charge is 0.248 e. The number of hydrogen-bond acceptors (Lipinski definition) is 5. The van der Waals surface area contributed by atoms with Crippen LogP contribution in [0.4, 0.5) is 26.0 Å². The highest BCUT2D eigenvalue weighted by atomic mass is 35.5. The van der Waals surface area contributed by atoms with Crippen molar-refractivity contribution in [3.05, 3.63) is 65.5 Å². The number of anilines is 3. The molecule has 0 aliphatic carbocycles. The van der Waals surface area contributed by atoms with Crippen molar-refractivity contribution in [1.82, 2.24) is 14.9 Å². The Balaban J connectivity index is 1.90. The lowest BCUT2D eigenvalue weighted by Crippen LogP contribution is -2.13. The summed E-state index contributed by atoms with van der Waals surface area (Å²) in [6.07, 6.45) is 4.28. The van der Waals surface area contributed by atoms with E-state index >= 15 is 0 Å². The summed E-state index contributed by atoms with van der Waals surface area (Å²) in [5.41, 5.74) is 0.833. The van der Waals surface area contributed by atoms with Crippen molar-refractivity contribution in [2.75, 3.05) is 31.3 Å². The highest BCUT2D eigenvalue weighted by Crippen LogP contribution is 2.29. The summed E-state index contributed by atoms with van der Waals surface area (Å²) >= 11 is 5.81. The minimum atomic E-state index is -0.624. The maximum atomic E-state index is 14.4. The summed E-state index contributed by atoms with van der Waals surface area (Å²) in [5, 5.41) is 5.94. The molecule has 0 fully saturated rings. The van der Waals surface area contributed by atoms with Crippen LogP contribution in [0.15, 0.2) is 48.8 Å². The largest absolute Gasteiger partial charge is 0.340 e. The Hall–Kier alpha value is -3.10. The van der Waals surface area contributed by atoms with Crippen molar-refractivity contribution in [3.63, 3.8) is 0 Å². The second-order valence-electron chi connectivity index (χ2n) is 6.48. The van der Waals surface area contributed by atoms with Gasteiger partial charge in [0.15, 0.2) is 0 Å². The van der Waals surface area contributed by atoms with E-state index in [1.807, 2.05) is 19.0 Å². The molecule has 150 valence electrons. The summed E-state index contributed by atoms with van der Waals surface area (Å²) < 4.78 is 27.8. The average molecular weight is 418 g/mol. The molecule has 0 radical (unpaired) electrons. The lowest BCUT2D eigenvalue weighted by Gasteiger charge is -2.11. The minimum Gasteiger partial charge on any atom is -0.340 e.